The van der Waals surface area contributed by atoms with E-state index in [1.807, 2.05) is 30.5 Å². The van der Waals surface area contributed by atoms with Crippen molar-refractivity contribution in [2.45, 2.75) is 6.42 Å². The third kappa shape index (κ3) is 3.17. The molecular weight excluding hydrogens is 254 g/mol. The van der Waals surface area contributed by atoms with Crippen LogP contribution < -0.4 is 5.32 Å². The molecule has 1 N–H and O–H groups in total. The van der Waals surface area contributed by atoms with Crippen LogP contribution in [0.4, 0.5) is 10.9 Å². The Balaban J connectivity index is 1.70. The number of thiazole rings is 1. The average Bonchev–Trinajstić information content (AvgIpc) is 2.88. The summed E-state index contributed by atoms with van der Waals surface area (Å²) in [5, 5.41) is 4.09. The van der Waals surface area contributed by atoms with E-state index >= 15 is 0 Å². The highest BCUT2D eigenvalue weighted by Crippen LogP contribution is 2.23. The van der Waals surface area contributed by atoms with E-state index in [0.717, 1.165) is 17.4 Å². The molecular formula is C15H13N3S. The van der Waals surface area contributed by atoms with Gasteiger partial charge in [-0.3, -0.25) is 0 Å². The van der Waals surface area contributed by atoms with E-state index in [4.69, 9.17) is 0 Å². The van der Waals surface area contributed by atoms with Crippen LogP contribution in [-0.4, -0.2) is 9.97 Å². The fourth-order valence-corrected chi connectivity index (χ4v) is 2.64. The Labute approximate surface area is 116 Å². The van der Waals surface area contributed by atoms with Crippen molar-refractivity contribution in [1.82, 2.24) is 9.97 Å². The summed E-state index contributed by atoms with van der Waals surface area (Å²) in [6, 6.07) is 16.2. The summed E-state index contributed by atoms with van der Waals surface area (Å²) in [4.78, 5) is 9.84. The molecule has 3 rings (SSSR count). The van der Waals surface area contributed by atoms with Crippen LogP contribution >= 0.6 is 11.3 Å². The predicted octanol–water partition coefficient (Wildman–Crippen LogP) is 3.87. The highest BCUT2D eigenvalue weighted by Gasteiger charge is 2.03. The average molecular weight is 267 g/mol. The number of pyridine rings is 1. The zero-order valence-electron chi connectivity index (χ0n) is 10.3. The van der Waals surface area contributed by atoms with Crippen molar-refractivity contribution >= 4 is 22.3 Å². The summed E-state index contributed by atoms with van der Waals surface area (Å²) in [6.45, 7) is 0. The molecule has 2 heterocycles. The molecule has 1 aromatic carbocycles. The Hall–Kier alpha value is -2.20. The van der Waals surface area contributed by atoms with Gasteiger partial charge in [-0.1, -0.05) is 36.4 Å². The molecule has 3 nitrogen and oxygen atoms in total. The largest absolute Gasteiger partial charge is 0.316 e. The molecule has 0 fully saturated rings. The van der Waals surface area contributed by atoms with Gasteiger partial charge in [0.1, 0.15) is 5.82 Å². The fraction of sp³-hybridized carbons (Fsp3) is 0.0667. The summed E-state index contributed by atoms with van der Waals surface area (Å²) >= 11 is 1.66. The van der Waals surface area contributed by atoms with Gasteiger partial charge in [0.15, 0.2) is 5.13 Å². The summed E-state index contributed by atoms with van der Waals surface area (Å²) in [6.07, 6.45) is 4.60. The van der Waals surface area contributed by atoms with Gasteiger partial charge >= 0.3 is 0 Å². The molecule has 4 heteroatoms. The van der Waals surface area contributed by atoms with Crippen LogP contribution in [0.3, 0.4) is 0 Å². The third-order valence-corrected chi connectivity index (χ3v) is 3.59. The minimum atomic E-state index is 0.822. The lowest BCUT2D eigenvalue weighted by Crippen LogP contribution is -1.90. The van der Waals surface area contributed by atoms with Crippen LogP contribution in [-0.2, 0) is 6.42 Å². The van der Waals surface area contributed by atoms with E-state index in [-0.39, 0.29) is 0 Å². The van der Waals surface area contributed by atoms with Gasteiger partial charge in [0, 0.05) is 23.7 Å². The second-order valence-corrected chi connectivity index (χ2v) is 5.25. The standard InChI is InChI=1S/C15H13N3S/c1-2-6-12(7-3-1)10-13-11-17-15(19-13)18-14-8-4-5-9-16-14/h1-9,11H,10H2,(H,16,17,18). The Morgan fingerprint density at radius 1 is 0.947 bits per heavy atom. The maximum Gasteiger partial charge on any atom is 0.188 e. The van der Waals surface area contributed by atoms with Crippen LogP contribution in [0.15, 0.2) is 60.9 Å². The summed E-state index contributed by atoms with van der Waals surface area (Å²) in [5.41, 5.74) is 1.30. The van der Waals surface area contributed by atoms with Crippen LogP contribution in [0.2, 0.25) is 0 Å². The van der Waals surface area contributed by atoms with Crippen LogP contribution in [0.5, 0.6) is 0 Å². The van der Waals surface area contributed by atoms with Crippen molar-refractivity contribution in [3.05, 3.63) is 71.4 Å². The zero-order chi connectivity index (χ0) is 12.9. The molecule has 0 unspecified atom stereocenters. The third-order valence-electron chi connectivity index (χ3n) is 2.67. The molecule has 94 valence electrons. The van der Waals surface area contributed by atoms with Gasteiger partial charge in [-0.2, -0.15) is 0 Å². The number of nitrogens with zero attached hydrogens (tertiary/aromatic N) is 2. The maximum absolute atomic E-state index is 4.38. The summed E-state index contributed by atoms with van der Waals surface area (Å²) < 4.78 is 0. The lowest BCUT2D eigenvalue weighted by Gasteiger charge is -1.99. The highest BCUT2D eigenvalue weighted by atomic mass is 32.1. The Bertz CT molecular complexity index is 579. The maximum atomic E-state index is 4.38. The SMILES string of the molecule is c1ccc(Cc2cnc(Nc3ccccn3)s2)cc1. The number of anilines is 2. The molecule has 0 spiro atoms. The number of benzene rings is 1. The van der Waals surface area contributed by atoms with Gasteiger partial charge in [-0.05, 0) is 17.7 Å². The van der Waals surface area contributed by atoms with Crippen molar-refractivity contribution in [2.24, 2.45) is 0 Å². The van der Waals surface area contributed by atoms with Crippen LogP contribution in [0.1, 0.15) is 10.4 Å². The van der Waals surface area contributed by atoms with E-state index in [2.05, 4.69) is 39.6 Å². The molecule has 0 bridgehead atoms. The minimum absolute atomic E-state index is 0.822. The Morgan fingerprint density at radius 2 is 1.79 bits per heavy atom. The summed E-state index contributed by atoms with van der Waals surface area (Å²) in [5.74, 6) is 0.822. The van der Waals surface area contributed by atoms with Gasteiger partial charge in [0.2, 0.25) is 0 Å². The highest BCUT2D eigenvalue weighted by molar-refractivity contribution is 7.15. The lowest BCUT2D eigenvalue weighted by atomic mass is 10.1. The van der Waals surface area contributed by atoms with E-state index in [1.165, 1.54) is 10.4 Å². The van der Waals surface area contributed by atoms with E-state index in [9.17, 15) is 0 Å². The van der Waals surface area contributed by atoms with E-state index in [1.54, 1.807) is 17.5 Å². The second-order valence-electron chi connectivity index (χ2n) is 4.13. The first-order valence-electron chi connectivity index (χ1n) is 6.07. The first-order valence-corrected chi connectivity index (χ1v) is 6.88. The normalized spacial score (nSPS) is 10.3. The van der Waals surface area contributed by atoms with Gasteiger partial charge in [-0.15, -0.1) is 11.3 Å². The van der Waals surface area contributed by atoms with Gasteiger partial charge in [0.25, 0.3) is 0 Å². The van der Waals surface area contributed by atoms with E-state index in [0.29, 0.717) is 0 Å². The number of nitrogens with one attached hydrogen (secondary N) is 1. The number of hydrogen-bond acceptors (Lipinski definition) is 4. The smallest absolute Gasteiger partial charge is 0.188 e. The van der Waals surface area contributed by atoms with Gasteiger partial charge in [0.05, 0.1) is 0 Å². The van der Waals surface area contributed by atoms with Gasteiger partial charge < -0.3 is 5.32 Å². The quantitative estimate of drug-likeness (QED) is 0.779. The number of aromatic nitrogens is 2. The predicted molar refractivity (Wildman–Crippen MR) is 78.9 cm³/mol. The molecule has 0 radical (unpaired) electrons. The fourth-order valence-electron chi connectivity index (χ4n) is 1.79. The van der Waals surface area contributed by atoms with Crippen molar-refractivity contribution in [1.29, 1.82) is 0 Å². The number of rotatable bonds is 4. The van der Waals surface area contributed by atoms with Gasteiger partial charge in [-0.25, -0.2) is 9.97 Å². The molecule has 0 aliphatic heterocycles. The van der Waals surface area contributed by atoms with Crippen molar-refractivity contribution in [2.75, 3.05) is 5.32 Å². The first kappa shape index (κ1) is 11.9. The number of hydrogen-bond donors (Lipinski definition) is 1. The second kappa shape index (κ2) is 5.63. The van der Waals surface area contributed by atoms with Crippen molar-refractivity contribution in [3.8, 4) is 0 Å². The molecule has 0 atom stereocenters. The minimum Gasteiger partial charge on any atom is -0.316 e. The Kier molecular flexibility index (Phi) is 3.51. The summed E-state index contributed by atoms with van der Waals surface area (Å²) in [7, 11) is 0. The Morgan fingerprint density at radius 3 is 2.58 bits per heavy atom. The molecule has 0 amide bonds. The van der Waals surface area contributed by atoms with Crippen molar-refractivity contribution in [3.63, 3.8) is 0 Å². The lowest BCUT2D eigenvalue weighted by molar-refractivity contribution is 1.21. The molecule has 0 saturated heterocycles. The molecule has 0 aliphatic rings. The van der Waals surface area contributed by atoms with Crippen molar-refractivity contribution < 1.29 is 0 Å². The molecule has 19 heavy (non-hydrogen) atoms. The monoisotopic (exact) mass is 267 g/mol. The van der Waals surface area contributed by atoms with Crippen LogP contribution in [0, 0.1) is 0 Å². The molecule has 2 aromatic heterocycles. The van der Waals surface area contributed by atoms with Crippen LogP contribution in [0.25, 0.3) is 0 Å². The van der Waals surface area contributed by atoms with E-state index < -0.39 is 0 Å². The molecule has 3 aromatic rings. The molecule has 0 aliphatic carbocycles. The topological polar surface area (TPSA) is 37.8 Å². The zero-order valence-corrected chi connectivity index (χ0v) is 11.1. The molecule has 0 saturated carbocycles. The first-order chi connectivity index (χ1) is 9.40.